The normalized spacial score (nSPS) is 19.7. The van der Waals surface area contributed by atoms with Crippen molar-refractivity contribution in [2.45, 2.75) is 17.4 Å². The molecule has 11 heteroatoms. The van der Waals surface area contributed by atoms with Crippen molar-refractivity contribution in [1.82, 2.24) is 19.8 Å². The van der Waals surface area contributed by atoms with Gasteiger partial charge >= 0.3 is 0 Å². The third kappa shape index (κ3) is 4.17. The average molecular weight is 335 g/mol. The molecule has 1 aromatic heterocycles. The van der Waals surface area contributed by atoms with E-state index in [9.17, 15) is 13.2 Å². The van der Waals surface area contributed by atoms with E-state index < -0.39 is 10.0 Å². The van der Waals surface area contributed by atoms with Crippen LogP contribution in [-0.4, -0.2) is 68.2 Å². The minimum Gasteiger partial charge on any atom is -0.374 e. The van der Waals surface area contributed by atoms with Gasteiger partial charge in [0.25, 0.3) is 10.0 Å². The second-order valence-electron chi connectivity index (χ2n) is 4.54. The van der Waals surface area contributed by atoms with Crippen molar-refractivity contribution in [3.63, 3.8) is 0 Å². The van der Waals surface area contributed by atoms with Gasteiger partial charge in [0.15, 0.2) is 0 Å². The molecule has 1 saturated heterocycles. The fourth-order valence-corrected chi connectivity index (χ4v) is 4.11. The number of rotatable bonds is 5. The predicted molar refractivity (Wildman–Crippen MR) is 76.6 cm³/mol. The van der Waals surface area contributed by atoms with E-state index in [1.165, 1.54) is 18.3 Å². The van der Waals surface area contributed by atoms with E-state index in [1.807, 2.05) is 0 Å². The van der Waals surface area contributed by atoms with Gasteiger partial charge in [-0.05, 0) is 0 Å². The van der Waals surface area contributed by atoms with E-state index in [1.54, 1.807) is 0 Å². The number of ether oxygens (including phenoxy) is 1. The molecule has 2 rings (SSSR count). The molecule has 1 unspecified atom stereocenters. The zero-order valence-electron chi connectivity index (χ0n) is 11.7. The molecule has 0 aliphatic carbocycles. The van der Waals surface area contributed by atoms with Crippen LogP contribution < -0.4 is 10.6 Å². The number of carbonyl (C=O) groups is 1. The number of nitrogens with one attached hydrogen (secondary N) is 2. The van der Waals surface area contributed by atoms with Crippen molar-refractivity contribution < 1.29 is 17.9 Å². The lowest BCUT2D eigenvalue weighted by molar-refractivity contribution is -0.114. The first-order chi connectivity index (χ1) is 9.89. The largest absolute Gasteiger partial charge is 0.374 e. The molecule has 118 valence electrons. The Balaban J connectivity index is 2.05. The molecule has 1 aromatic rings. The lowest BCUT2D eigenvalue weighted by atomic mass is 10.3. The molecule has 0 spiro atoms. The number of likely N-dealkylation sites (N-methyl/N-ethyl adjacent to an activating group) is 1. The molecule has 1 fully saturated rings. The Labute approximate surface area is 126 Å². The maximum Gasteiger partial charge on any atom is 0.272 e. The second kappa shape index (κ2) is 6.75. The minimum absolute atomic E-state index is 0.155. The second-order valence-corrected chi connectivity index (χ2v) is 7.73. The van der Waals surface area contributed by atoms with Crippen LogP contribution in [0.25, 0.3) is 0 Å². The molecule has 1 aliphatic rings. The number of morpholine rings is 1. The zero-order chi connectivity index (χ0) is 15.5. The molecular weight excluding hydrogens is 318 g/mol. The highest BCUT2D eigenvalue weighted by molar-refractivity contribution is 7.91. The molecule has 1 aliphatic heterocycles. The number of aromatic nitrogens is 2. The van der Waals surface area contributed by atoms with Gasteiger partial charge in [-0.15, -0.1) is 10.2 Å². The van der Waals surface area contributed by atoms with Crippen LogP contribution in [0, 0.1) is 0 Å². The summed E-state index contributed by atoms with van der Waals surface area (Å²) in [5.74, 6) is -0.329. The predicted octanol–water partition coefficient (Wildman–Crippen LogP) is -0.895. The van der Waals surface area contributed by atoms with E-state index >= 15 is 0 Å². The summed E-state index contributed by atoms with van der Waals surface area (Å²) in [7, 11) is -2.27. The van der Waals surface area contributed by atoms with Crippen molar-refractivity contribution in [3.05, 3.63) is 0 Å². The van der Waals surface area contributed by atoms with Crippen molar-refractivity contribution in [2.24, 2.45) is 0 Å². The monoisotopic (exact) mass is 335 g/mol. The van der Waals surface area contributed by atoms with Gasteiger partial charge in [-0.2, -0.15) is 4.31 Å². The van der Waals surface area contributed by atoms with E-state index in [0.717, 1.165) is 17.9 Å². The summed E-state index contributed by atoms with van der Waals surface area (Å²) in [5.41, 5.74) is 0. The number of hydrogen-bond acceptors (Lipinski definition) is 8. The van der Waals surface area contributed by atoms with Crippen LogP contribution in [0.5, 0.6) is 0 Å². The fourth-order valence-electron chi connectivity index (χ4n) is 1.77. The smallest absolute Gasteiger partial charge is 0.272 e. The summed E-state index contributed by atoms with van der Waals surface area (Å²) in [6, 6.07) is 0. The summed E-state index contributed by atoms with van der Waals surface area (Å²) in [5, 5.41) is 13.0. The number of hydrogen-bond donors (Lipinski definition) is 2. The first-order valence-corrected chi connectivity index (χ1v) is 8.55. The number of sulfonamides is 1. The standard InChI is InChI=1S/C10H17N5O4S2/c1-7(16)12-9-13-14-10(20-9)21(17,18)15(2)6-8-5-11-3-4-19-8/h8,11H,3-6H2,1-2H3,(H,12,13,16). The van der Waals surface area contributed by atoms with Crippen LogP contribution in [0.3, 0.4) is 0 Å². The fraction of sp³-hybridized carbons (Fsp3) is 0.700. The molecule has 0 bridgehead atoms. The van der Waals surface area contributed by atoms with Gasteiger partial charge in [-0.1, -0.05) is 11.3 Å². The molecule has 2 heterocycles. The Kier molecular flexibility index (Phi) is 5.22. The maximum absolute atomic E-state index is 12.4. The van der Waals surface area contributed by atoms with Gasteiger partial charge < -0.3 is 15.4 Å². The van der Waals surface area contributed by atoms with Crippen LogP contribution in [0.4, 0.5) is 5.13 Å². The Morgan fingerprint density at radius 1 is 1.57 bits per heavy atom. The van der Waals surface area contributed by atoms with E-state index in [0.29, 0.717) is 13.2 Å². The number of amides is 1. The van der Waals surface area contributed by atoms with Gasteiger partial charge in [-0.25, -0.2) is 8.42 Å². The van der Waals surface area contributed by atoms with Crippen molar-refractivity contribution in [1.29, 1.82) is 0 Å². The Bertz CT molecular complexity index is 596. The van der Waals surface area contributed by atoms with E-state index in [-0.39, 0.29) is 28.0 Å². The highest BCUT2D eigenvalue weighted by atomic mass is 32.2. The molecule has 21 heavy (non-hydrogen) atoms. The SMILES string of the molecule is CC(=O)Nc1nnc(S(=O)(=O)N(C)CC2CNCCO2)s1. The summed E-state index contributed by atoms with van der Waals surface area (Å²) in [6.45, 7) is 3.47. The van der Waals surface area contributed by atoms with Gasteiger partial charge in [0.1, 0.15) is 0 Å². The van der Waals surface area contributed by atoms with Crippen LogP contribution in [-0.2, 0) is 19.6 Å². The lowest BCUT2D eigenvalue weighted by Crippen LogP contribution is -2.45. The lowest BCUT2D eigenvalue weighted by Gasteiger charge is -2.26. The first-order valence-electron chi connectivity index (χ1n) is 6.29. The average Bonchev–Trinajstić information content (AvgIpc) is 2.88. The van der Waals surface area contributed by atoms with Crippen LogP contribution in [0.2, 0.25) is 0 Å². The number of anilines is 1. The number of nitrogens with zero attached hydrogens (tertiary/aromatic N) is 3. The van der Waals surface area contributed by atoms with Gasteiger partial charge in [0, 0.05) is 33.6 Å². The highest BCUT2D eigenvalue weighted by Gasteiger charge is 2.28. The van der Waals surface area contributed by atoms with Crippen molar-refractivity contribution in [2.75, 3.05) is 38.6 Å². The summed E-state index contributed by atoms with van der Waals surface area (Å²) in [4.78, 5) is 10.9. The summed E-state index contributed by atoms with van der Waals surface area (Å²) in [6.07, 6.45) is -0.193. The molecule has 1 amide bonds. The summed E-state index contributed by atoms with van der Waals surface area (Å²) < 4.78 is 31.2. The van der Waals surface area contributed by atoms with Gasteiger partial charge in [0.05, 0.1) is 12.7 Å². The molecule has 9 nitrogen and oxygen atoms in total. The molecular formula is C10H17N5O4S2. The third-order valence-corrected chi connectivity index (χ3v) is 5.79. The van der Waals surface area contributed by atoms with E-state index in [2.05, 4.69) is 20.8 Å². The molecule has 0 radical (unpaired) electrons. The summed E-state index contributed by atoms with van der Waals surface area (Å²) >= 11 is 0.818. The van der Waals surface area contributed by atoms with Crippen molar-refractivity contribution in [3.8, 4) is 0 Å². The molecule has 2 N–H and O–H groups in total. The third-order valence-electron chi connectivity index (χ3n) is 2.79. The van der Waals surface area contributed by atoms with Crippen LogP contribution >= 0.6 is 11.3 Å². The quantitative estimate of drug-likeness (QED) is 0.671. The Hall–Kier alpha value is -1.14. The molecule has 0 saturated carbocycles. The maximum atomic E-state index is 12.4. The Morgan fingerprint density at radius 2 is 2.33 bits per heavy atom. The van der Waals surface area contributed by atoms with Gasteiger partial charge in [-0.3, -0.25) is 4.79 Å². The van der Waals surface area contributed by atoms with Gasteiger partial charge in [0.2, 0.25) is 15.4 Å². The topological polar surface area (TPSA) is 114 Å². The van der Waals surface area contributed by atoms with Crippen molar-refractivity contribution >= 4 is 32.4 Å². The Morgan fingerprint density at radius 3 is 2.95 bits per heavy atom. The van der Waals surface area contributed by atoms with Crippen LogP contribution in [0.15, 0.2) is 4.34 Å². The number of carbonyl (C=O) groups excluding carboxylic acids is 1. The van der Waals surface area contributed by atoms with Crippen LogP contribution in [0.1, 0.15) is 6.92 Å². The molecule has 1 atom stereocenters. The molecule has 0 aromatic carbocycles. The van der Waals surface area contributed by atoms with E-state index in [4.69, 9.17) is 4.74 Å². The highest BCUT2D eigenvalue weighted by Crippen LogP contribution is 2.22. The first kappa shape index (κ1) is 16.2. The minimum atomic E-state index is -3.73. The zero-order valence-corrected chi connectivity index (χ0v) is 13.3.